The van der Waals surface area contributed by atoms with Crippen LogP contribution in [0.3, 0.4) is 0 Å². The summed E-state index contributed by atoms with van der Waals surface area (Å²) in [5, 5.41) is 0. The Kier molecular flexibility index (Phi) is 3.77. The molecule has 0 radical (unpaired) electrons. The van der Waals surface area contributed by atoms with Crippen LogP contribution in [0.15, 0.2) is 47.4 Å². The van der Waals surface area contributed by atoms with Crippen molar-refractivity contribution in [3.63, 3.8) is 0 Å². The highest BCUT2D eigenvalue weighted by atomic mass is 32.2. The molecule has 2 rings (SSSR count). The van der Waals surface area contributed by atoms with E-state index in [1.165, 1.54) is 12.3 Å². The average Bonchev–Trinajstić information content (AvgIpc) is 2.38. The van der Waals surface area contributed by atoms with Gasteiger partial charge in [-0.3, -0.25) is 4.21 Å². The Hall–Kier alpha value is -1.68. The van der Waals surface area contributed by atoms with Gasteiger partial charge in [0, 0.05) is 11.8 Å². The Morgan fingerprint density at radius 2 is 1.89 bits per heavy atom. The van der Waals surface area contributed by atoms with Crippen LogP contribution < -0.4 is 4.74 Å². The van der Waals surface area contributed by atoms with E-state index < -0.39 is 16.6 Å². The first-order valence-corrected chi connectivity index (χ1v) is 6.95. The highest BCUT2D eigenvalue weighted by Gasteiger charge is 2.10. The molecule has 0 amide bonds. The molecule has 0 aromatic heterocycles. The molecule has 0 aliphatic heterocycles. The van der Waals surface area contributed by atoms with Gasteiger partial charge in [0.25, 0.3) is 0 Å². The van der Waals surface area contributed by atoms with Crippen molar-refractivity contribution < 1.29 is 13.3 Å². The van der Waals surface area contributed by atoms with Crippen LogP contribution >= 0.6 is 0 Å². The summed E-state index contributed by atoms with van der Waals surface area (Å²) in [5.74, 6) is 0.224. The van der Waals surface area contributed by atoms with Gasteiger partial charge >= 0.3 is 0 Å². The van der Waals surface area contributed by atoms with Gasteiger partial charge in [0.15, 0.2) is 0 Å². The predicted molar refractivity (Wildman–Crippen MR) is 70.7 cm³/mol. The van der Waals surface area contributed by atoms with E-state index in [-0.39, 0.29) is 4.90 Å². The maximum atomic E-state index is 13.8. The number of para-hydroxylation sites is 1. The molecule has 0 bridgehead atoms. The van der Waals surface area contributed by atoms with Crippen molar-refractivity contribution >= 4 is 10.8 Å². The second-order valence-electron chi connectivity index (χ2n) is 3.80. The minimum absolute atomic E-state index is 0.216. The lowest BCUT2D eigenvalue weighted by atomic mass is 10.0. The molecule has 0 heterocycles. The summed E-state index contributed by atoms with van der Waals surface area (Å²) >= 11 is 0. The van der Waals surface area contributed by atoms with Crippen LogP contribution in [0.1, 0.15) is 0 Å². The van der Waals surface area contributed by atoms with Gasteiger partial charge in [0.1, 0.15) is 11.6 Å². The lowest BCUT2D eigenvalue weighted by molar-refractivity contribution is 0.416. The van der Waals surface area contributed by atoms with Gasteiger partial charge in [-0.2, -0.15) is 0 Å². The number of ether oxygens (including phenoxy) is 1. The zero-order chi connectivity index (χ0) is 13.1. The van der Waals surface area contributed by atoms with Gasteiger partial charge in [-0.15, -0.1) is 0 Å². The molecule has 18 heavy (non-hydrogen) atoms. The lowest BCUT2D eigenvalue weighted by Crippen LogP contribution is -1.94. The van der Waals surface area contributed by atoms with E-state index in [9.17, 15) is 8.60 Å². The van der Waals surface area contributed by atoms with Gasteiger partial charge < -0.3 is 4.74 Å². The van der Waals surface area contributed by atoms with E-state index in [4.69, 9.17) is 4.74 Å². The van der Waals surface area contributed by atoms with E-state index in [0.717, 1.165) is 5.56 Å². The van der Waals surface area contributed by atoms with Gasteiger partial charge in [-0.1, -0.05) is 24.3 Å². The van der Waals surface area contributed by atoms with E-state index in [1.807, 2.05) is 24.3 Å². The van der Waals surface area contributed by atoms with Crippen molar-refractivity contribution in [1.29, 1.82) is 0 Å². The monoisotopic (exact) mass is 264 g/mol. The molecule has 2 aromatic rings. The van der Waals surface area contributed by atoms with Crippen LogP contribution in [-0.2, 0) is 10.8 Å². The topological polar surface area (TPSA) is 26.3 Å². The smallest absolute Gasteiger partial charge is 0.139 e. The fraction of sp³-hybridized carbons (Fsp3) is 0.143. The van der Waals surface area contributed by atoms with Crippen LogP contribution in [0.25, 0.3) is 11.1 Å². The van der Waals surface area contributed by atoms with Crippen molar-refractivity contribution in [1.82, 2.24) is 0 Å². The fourth-order valence-electron chi connectivity index (χ4n) is 1.78. The second kappa shape index (κ2) is 5.31. The van der Waals surface area contributed by atoms with E-state index in [1.54, 1.807) is 19.2 Å². The van der Waals surface area contributed by atoms with Crippen molar-refractivity contribution in [2.45, 2.75) is 4.90 Å². The Morgan fingerprint density at radius 3 is 2.50 bits per heavy atom. The SMILES string of the molecule is COc1ccccc1-c1ccc(S(C)=O)c(F)c1. The van der Waals surface area contributed by atoms with Crippen LogP contribution in [0.2, 0.25) is 0 Å². The van der Waals surface area contributed by atoms with Gasteiger partial charge in [-0.05, 0) is 23.8 Å². The van der Waals surface area contributed by atoms with Crippen LogP contribution in [-0.4, -0.2) is 17.6 Å². The van der Waals surface area contributed by atoms with Crippen LogP contribution in [0.4, 0.5) is 4.39 Å². The standard InChI is InChI=1S/C14H13FO2S/c1-17-13-6-4-3-5-11(13)10-7-8-14(18(2)16)12(15)9-10/h3-9H,1-2H3. The summed E-state index contributed by atoms with van der Waals surface area (Å²) in [6.07, 6.45) is 1.46. The van der Waals surface area contributed by atoms with E-state index >= 15 is 0 Å². The summed E-state index contributed by atoms with van der Waals surface area (Å²) < 4.78 is 30.3. The zero-order valence-electron chi connectivity index (χ0n) is 10.1. The summed E-state index contributed by atoms with van der Waals surface area (Å²) in [6, 6.07) is 12.1. The molecule has 0 spiro atoms. The average molecular weight is 264 g/mol. The molecule has 2 nitrogen and oxygen atoms in total. The van der Waals surface area contributed by atoms with Gasteiger partial charge in [0.2, 0.25) is 0 Å². The highest BCUT2D eigenvalue weighted by molar-refractivity contribution is 7.84. The zero-order valence-corrected chi connectivity index (χ0v) is 11.0. The summed E-state index contributed by atoms with van der Waals surface area (Å²) in [5.41, 5.74) is 1.52. The second-order valence-corrected chi connectivity index (χ2v) is 5.15. The largest absolute Gasteiger partial charge is 0.496 e. The molecule has 0 aliphatic rings. The number of benzene rings is 2. The van der Waals surface area contributed by atoms with E-state index in [0.29, 0.717) is 11.3 Å². The number of methoxy groups -OCH3 is 1. The molecule has 94 valence electrons. The number of hydrogen-bond donors (Lipinski definition) is 0. The quantitative estimate of drug-likeness (QED) is 0.850. The number of rotatable bonds is 3. The Bertz CT molecular complexity index is 596. The van der Waals surface area contributed by atoms with Gasteiger partial charge in [0.05, 0.1) is 22.8 Å². The molecule has 0 saturated heterocycles. The molecule has 0 saturated carbocycles. The highest BCUT2D eigenvalue weighted by Crippen LogP contribution is 2.30. The van der Waals surface area contributed by atoms with Crippen LogP contribution in [0, 0.1) is 5.82 Å². The third-order valence-electron chi connectivity index (χ3n) is 2.66. The molecular formula is C14H13FO2S. The summed E-state index contributed by atoms with van der Waals surface area (Å²) in [7, 11) is 0.255. The first kappa shape index (κ1) is 12.8. The molecular weight excluding hydrogens is 251 g/mol. The molecule has 4 heteroatoms. The third-order valence-corrected chi connectivity index (χ3v) is 3.61. The number of hydrogen-bond acceptors (Lipinski definition) is 2. The maximum Gasteiger partial charge on any atom is 0.139 e. The minimum Gasteiger partial charge on any atom is -0.496 e. The molecule has 1 unspecified atom stereocenters. The minimum atomic E-state index is -1.32. The molecule has 0 fully saturated rings. The summed E-state index contributed by atoms with van der Waals surface area (Å²) in [6.45, 7) is 0. The first-order chi connectivity index (χ1) is 8.63. The predicted octanol–water partition coefficient (Wildman–Crippen LogP) is 3.24. The Morgan fingerprint density at radius 1 is 1.17 bits per heavy atom. The normalized spacial score (nSPS) is 12.2. The van der Waals surface area contributed by atoms with Crippen LogP contribution in [0.5, 0.6) is 5.75 Å². The molecule has 0 aliphatic carbocycles. The Balaban J connectivity index is 2.52. The molecule has 2 aromatic carbocycles. The number of halogens is 1. The van der Waals surface area contributed by atoms with E-state index in [2.05, 4.69) is 0 Å². The van der Waals surface area contributed by atoms with Gasteiger partial charge in [-0.25, -0.2) is 4.39 Å². The molecule has 0 N–H and O–H groups in total. The Labute approximate surface area is 108 Å². The lowest BCUT2D eigenvalue weighted by Gasteiger charge is -2.09. The maximum absolute atomic E-state index is 13.8. The van der Waals surface area contributed by atoms with Crippen molar-refractivity contribution in [3.05, 3.63) is 48.3 Å². The van der Waals surface area contributed by atoms with Crippen molar-refractivity contribution in [3.8, 4) is 16.9 Å². The summed E-state index contributed by atoms with van der Waals surface area (Å²) in [4.78, 5) is 0.216. The first-order valence-electron chi connectivity index (χ1n) is 5.40. The fourth-order valence-corrected chi connectivity index (χ4v) is 2.38. The van der Waals surface area contributed by atoms with Crippen molar-refractivity contribution in [2.24, 2.45) is 0 Å². The van der Waals surface area contributed by atoms with Crippen molar-refractivity contribution in [2.75, 3.05) is 13.4 Å². The third kappa shape index (κ3) is 2.43. The molecule has 1 atom stereocenters.